The highest BCUT2D eigenvalue weighted by Gasteiger charge is 2.17. The number of carbonyl (C=O) groups is 1. The maximum atomic E-state index is 13.7. The Labute approximate surface area is 117 Å². The van der Waals surface area contributed by atoms with Crippen LogP contribution < -0.4 is 10.1 Å². The molecule has 2 N–H and O–H groups in total. The van der Waals surface area contributed by atoms with Gasteiger partial charge in [0.25, 0.3) is 0 Å². The highest BCUT2D eigenvalue weighted by atomic mass is 19.1. The third kappa shape index (κ3) is 5.44. The lowest BCUT2D eigenvalue weighted by Gasteiger charge is -2.20. The van der Waals surface area contributed by atoms with Gasteiger partial charge in [-0.1, -0.05) is 6.07 Å². The van der Waals surface area contributed by atoms with Gasteiger partial charge in [-0.05, 0) is 32.9 Å². The minimum atomic E-state index is -0.631. The molecule has 5 nitrogen and oxygen atoms in total. The van der Waals surface area contributed by atoms with Crippen LogP contribution in [0.2, 0.25) is 0 Å². The van der Waals surface area contributed by atoms with E-state index < -0.39 is 17.5 Å². The molecule has 0 unspecified atom stereocenters. The first-order chi connectivity index (χ1) is 9.33. The number of hydrogen-bond donors (Lipinski definition) is 2. The molecule has 0 aliphatic rings. The van der Waals surface area contributed by atoms with Crippen molar-refractivity contribution in [3.63, 3.8) is 0 Å². The van der Waals surface area contributed by atoms with E-state index in [1.165, 1.54) is 12.1 Å². The van der Waals surface area contributed by atoms with Crippen LogP contribution in [0.4, 0.5) is 9.18 Å². The second kappa shape index (κ2) is 7.09. The van der Waals surface area contributed by atoms with Gasteiger partial charge in [0.2, 0.25) is 0 Å². The van der Waals surface area contributed by atoms with Gasteiger partial charge in [-0.15, -0.1) is 0 Å². The standard InChI is InChI=1S/C14H20FNO4/c1-14(2,3)20-13(18)16-9-10-11(15)5-4-6-12(10)19-8-7-17/h4-6,17H,7-9H2,1-3H3,(H,16,18). The summed E-state index contributed by atoms with van der Waals surface area (Å²) in [6.07, 6.45) is -0.631. The van der Waals surface area contributed by atoms with E-state index >= 15 is 0 Å². The van der Waals surface area contributed by atoms with Crippen LogP contribution >= 0.6 is 0 Å². The normalized spacial score (nSPS) is 11.1. The van der Waals surface area contributed by atoms with Crippen molar-refractivity contribution < 1.29 is 23.8 Å². The number of ether oxygens (including phenoxy) is 2. The van der Waals surface area contributed by atoms with Crippen LogP contribution in [0.3, 0.4) is 0 Å². The summed E-state index contributed by atoms with van der Waals surface area (Å²) in [5.74, 6) is -0.202. The second-order valence-electron chi connectivity index (χ2n) is 5.14. The number of aliphatic hydroxyl groups is 1. The molecule has 1 aromatic carbocycles. The quantitative estimate of drug-likeness (QED) is 0.870. The van der Waals surface area contributed by atoms with Crippen molar-refractivity contribution in [1.29, 1.82) is 0 Å². The molecule has 1 aromatic rings. The third-order valence-electron chi connectivity index (χ3n) is 2.23. The molecule has 112 valence electrons. The van der Waals surface area contributed by atoms with Crippen LogP contribution in [0, 0.1) is 5.82 Å². The monoisotopic (exact) mass is 285 g/mol. The minimum absolute atomic E-state index is 0.0532. The molecule has 0 fully saturated rings. The fourth-order valence-electron chi connectivity index (χ4n) is 1.48. The Bertz CT molecular complexity index is 457. The summed E-state index contributed by atoms with van der Waals surface area (Å²) in [5.41, 5.74) is -0.401. The number of rotatable bonds is 5. The molecule has 1 amide bonds. The summed E-state index contributed by atoms with van der Waals surface area (Å²) in [6, 6.07) is 4.35. The molecule has 0 radical (unpaired) electrons. The van der Waals surface area contributed by atoms with E-state index in [-0.39, 0.29) is 31.1 Å². The summed E-state index contributed by atoms with van der Waals surface area (Å²) in [5, 5.41) is 11.2. The third-order valence-corrected chi connectivity index (χ3v) is 2.23. The molecule has 6 heteroatoms. The minimum Gasteiger partial charge on any atom is -0.491 e. The summed E-state index contributed by atoms with van der Waals surface area (Å²) in [6.45, 7) is 5.06. The molecule has 20 heavy (non-hydrogen) atoms. The zero-order valence-electron chi connectivity index (χ0n) is 11.9. The van der Waals surface area contributed by atoms with Crippen LogP contribution in [0.25, 0.3) is 0 Å². The summed E-state index contributed by atoms with van der Waals surface area (Å²) in [4.78, 5) is 11.5. The number of benzene rings is 1. The van der Waals surface area contributed by atoms with E-state index in [9.17, 15) is 9.18 Å². The topological polar surface area (TPSA) is 67.8 Å². The second-order valence-corrected chi connectivity index (χ2v) is 5.14. The Morgan fingerprint density at radius 3 is 2.70 bits per heavy atom. The average Bonchev–Trinajstić information content (AvgIpc) is 2.33. The Balaban J connectivity index is 2.69. The van der Waals surface area contributed by atoms with E-state index in [4.69, 9.17) is 14.6 Å². The largest absolute Gasteiger partial charge is 0.491 e. The number of halogens is 1. The van der Waals surface area contributed by atoms with Gasteiger partial charge < -0.3 is 19.9 Å². The van der Waals surface area contributed by atoms with Gasteiger partial charge in [0, 0.05) is 5.56 Å². The number of nitrogens with one attached hydrogen (secondary N) is 1. The van der Waals surface area contributed by atoms with E-state index in [1.54, 1.807) is 26.8 Å². The van der Waals surface area contributed by atoms with E-state index in [1.807, 2.05) is 0 Å². The SMILES string of the molecule is CC(C)(C)OC(=O)NCc1c(F)cccc1OCCO. The molecule has 0 spiro atoms. The Morgan fingerprint density at radius 2 is 2.10 bits per heavy atom. The van der Waals surface area contributed by atoms with Crippen LogP contribution in [0.1, 0.15) is 26.3 Å². The molecule has 0 aliphatic heterocycles. The molecule has 0 saturated carbocycles. The van der Waals surface area contributed by atoms with Gasteiger partial charge in [0.15, 0.2) is 0 Å². The van der Waals surface area contributed by atoms with Gasteiger partial charge in [0.1, 0.15) is 23.8 Å². The summed E-state index contributed by atoms with van der Waals surface area (Å²) >= 11 is 0. The van der Waals surface area contributed by atoms with Gasteiger partial charge in [-0.25, -0.2) is 9.18 Å². The molecular formula is C14H20FNO4. The summed E-state index contributed by atoms with van der Waals surface area (Å²) in [7, 11) is 0. The lowest BCUT2D eigenvalue weighted by Crippen LogP contribution is -2.32. The first kappa shape index (κ1) is 16.2. The lowest BCUT2D eigenvalue weighted by molar-refractivity contribution is 0.0522. The Hall–Kier alpha value is -1.82. The maximum absolute atomic E-state index is 13.7. The van der Waals surface area contributed by atoms with E-state index in [0.717, 1.165) is 0 Å². The first-order valence-electron chi connectivity index (χ1n) is 6.31. The molecule has 0 aromatic heterocycles. The molecule has 1 rings (SSSR count). The van der Waals surface area contributed by atoms with Gasteiger partial charge in [0.05, 0.1) is 13.2 Å². The lowest BCUT2D eigenvalue weighted by atomic mass is 10.2. The fourth-order valence-corrected chi connectivity index (χ4v) is 1.48. The number of hydrogen-bond acceptors (Lipinski definition) is 4. The number of amides is 1. The van der Waals surface area contributed by atoms with E-state index in [2.05, 4.69) is 5.32 Å². The van der Waals surface area contributed by atoms with Crippen LogP contribution in [0.15, 0.2) is 18.2 Å². The van der Waals surface area contributed by atoms with Gasteiger partial charge >= 0.3 is 6.09 Å². The predicted molar refractivity (Wildman–Crippen MR) is 72.1 cm³/mol. The van der Waals surface area contributed by atoms with Crippen molar-refractivity contribution in [3.8, 4) is 5.75 Å². The van der Waals surface area contributed by atoms with Crippen molar-refractivity contribution in [1.82, 2.24) is 5.32 Å². The van der Waals surface area contributed by atoms with Gasteiger partial charge in [-0.3, -0.25) is 0 Å². The zero-order valence-corrected chi connectivity index (χ0v) is 11.9. The molecule has 0 saturated heterocycles. The molecule has 0 atom stereocenters. The summed E-state index contributed by atoms with van der Waals surface area (Å²) < 4.78 is 24.0. The fraction of sp³-hybridized carbons (Fsp3) is 0.500. The number of aliphatic hydroxyl groups excluding tert-OH is 1. The molecule has 0 aliphatic carbocycles. The first-order valence-corrected chi connectivity index (χ1v) is 6.31. The number of carbonyl (C=O) groups excluding carboxylic acids is 1. The highest BCUT2D eigenvalue weighted by molar-refractivity contribution is 5.67. The van der Waals surface area contributed by atoms with Crippen LogP contribution in [0.5, 0.6) is 5.75 Å². The van der Waals surface area contributed by atoms with Gasteiger partial charge in [-0.2, -0.15) is 0 Å². The Kier molecular flexibility index (Phi) is 5.76. The van der Waals surface area contributed by atoms with Crippen molar-refractivity contribution in [3.05, 3.63) is 29.6 Å². The van der Waals surface area contributed by atoms with Crippen molar-refractivity contribution in [2.24, 2.45) is 0 Å². The van der Waals surface area contributed by atoms with Crippen LogP contribution in [-0.2, 0) is 11.3 Å². The van der Waals surface area contributed by atoms with E-state index in [0.29, 0.717) is 0 Å². The smallest absolute Gasteiger partial charge is 0.407 e. The number of alkyl carbamates (subject to hydrolysis) is 1. The van der Waals surface area contributed by atoms with Crippen molar-refractivity contribution in [2.75, 3.05) is 13.2 Å². The molecular weight excluding hydrogens is 265 g/mol. The molecule has 0 bridgehead atoms. The van der Waals surface area contributed by atoms with Crippen molar-refractivity contribution in [2.45, 2.75) is 32.9 Å². The zero-order chi connectivity index (χ0) is 15.2. The van der Waals surface area contributed by atoms with Crippen LogP contribution in [-0.4, -0.2) is 30.0 Å². The Morgan fingerprint density at radius 1 is 1.40 bits per heavy atom. The molecule has 0 heterocycles. The maximum Gasteiger partial charge on any atom is 0.407 e. The predicted octanol–water partition coefficient (Wildman–Crippen LogP) is 2.22. The average molecular weight is 285 g/mol. The van der Waals surface area contributed by atoms with Crippen molar-refractivity contribution >= 4 is 6.09 Å². The highest BCUT2D eigenvalue weighted by Crippen LogP contribution is 2.21.